The molecule has 2 aromatic rings. The lowest BCUT2D eigenvalue weighted by Gasteiger charge is -2.39. The lowest BCUT2D eigenvalue weighted by atomic mass is 9.65. The minimum Gasteiger partial charge on any atom is -0.508 e. The third kappa shape index (κ3) is 2.31. The molecule has 24 heavy (non-hydrogen) atoms. The molecule has 2 heteroatoms. The maximum absolute atomic E-state index is 10.4. The monoisotopic (exact) mass is 322 g/mol. The predicted octanol–water partition coefficient (Wildman–Crippen LogP) is 5.62. The van der Waals surface area contributed by atoms with Gasteiger partial charge in [-0.2, -0.15) is 0 Å². The van der Waals surface area contributed by atoms with Crippen molar-refractivity contribution < 1.29 is 9.84 Å². The first-order chi connectivity index (χ1) is 11.8. The molecule has 0 amide bonds. The molecule has 0 radical (unpaired) electrons. The molecule has 0 saturated heterocycles. The van der Waals surface area contributed by atoms with Crippen LogP contribution in [0.2, 0.25) is 0 Å². The summed E-state index contributed by atoms with van der Waals surface area (Å²) < 4.78 is 5.68. The van der Waals surface area contributed by atoms with Crippen molar-refractivity contribution in [2.75, 3.05) is 7.11 Å². The first-order valence-corrected chi connectivity index (χ1v) is 9.17. The van der Waals surface area contributed by atoms with Crippen LogP contribution in [0.3, 0.4) is 0 Å². The van der Waals surface area contributed by atoms with Gasteiger partial charge in [0.05, 0.1) is 7.11 Å². The highest BCUT2D eigenvalue weighted by atomic mass is 16.5. The summed E-state index contributed by atoms with van der Waals surface area (Å²) in [6.07, 6.45) is 7.45. The highest BCUT2D eigenvalue weighted by Gasteiger charge is 2.52. The third-order valence-electron chi connectivity index (χ3n) is 6.48. The summed E-state index contributed by atoms with van der Waals surface area (Å²) in [6, 6.07) is 16.5. The van der Waals surface area contributed by atoms with Crippen molar-refractivity contribution in [1.29, 1.82) is 0 Å². The van der Waals surface area contributed by atoms with E-state index in [1.165, 1.54) is 44.1 Å². The van der Waals surface area contributed by atoms with E-state index in [4.69, 9.17) is 4.74 Å². The Morgan fingerprint density at radius 2 is 1.46 bits per heavy atom. The van der Waals surface area contributed by atoms with Crippen LogP contribution in [-0.4, -0.2) is 12.2 Å². The lowest BCUT2D eigenvalue weighted by Crippen LogP contribution is -2.27. The maximum atomic E-state index is 10.4. The van der Waals surface area contributed by atoms with Gasteiger partial charge < -0.3 is 9.84 Å². The molecular weight excluding hydrogens is 296 g/mol. The Morgan fingerprint density at radius 3 is 2.12 bits per heavy atom. The zero-order valence-electron chi connectivity index (χ0n) is 14.4. The van der Waals surface area contributed by atoms with E-state index in [1.54, 1.807) is 7.11 Å². The van der Waals surface area contributed by atoms with E-state index >= 15 is 0 Å². The zero-order valence-corrected chi connectivity index (χ0v) is 14.4. The molecular formula is C22H26O2. The molecule has 0 aromatic heterocycles. The Bertz CT molecular complexity index is 719. The second-order valence-electron chi connectivity index (χ2n) is 7.42. The summed E-state index contributed by atoms with van der Waals surface area (Å²) in [5.74, 6) is 2.47. The Kier molecular flexibility index (Phi) is 3.99. The maximum Gasteiger partial charge on any atom is 0.122 e. The van der Waals surface area contributed by atoms with Crippen molar-refractivity contribution in [2.24, 2.45) is 5.41 Å². The van der Waals surface area contributed by atoms with Crippen molar-refractivity contribution >= 4 is 0 Å². The predicted molar refractivity (Wildman–Crippen MR) is 96.7 cm³/mol. The first-order valence-electron chi connectivity index (χ1n) is 9.17. The molecule has 0 aliphatic heterocycles. The van der Waals surface area contributed by atoms with Gasteiger partial charge in [-0.05, 0) is 66.2 Å². The van der Waals surface area contributed by atoms with Gasteiger partial charge in [-0.15, -0.1) is 0 Å². The van der Waals surface area contributed by atoms with Crippen LogP contribution in [0.5, 0.6) is 11.5 Å². The van der Waals surface area contributed by atoms with Gasteiger partial charge in [0.2, 0.25) is 0 Å². The van der Waals surface area contributed by atoms with Crippen LogP contribution in [0, 0.1) is 5.41 Å². The largest absolute Gasteiger partial charge is 0.508 e. The van der Waals surface area contributed by atoms with Crippen LogP contribution >= 0.6 is 0 Å². The van der Waals surface area contributed by atoms with Crippen LogP contribution in [0.25, 0.3) is 0 Å². The van der Waals surface area contributed by atoms with Crippen molar-refractivity contribution in [3.63, 3.8) is 0 Å². The van der Waals surface area contributed by atoms with E-state index in [9.17, 15) is 5.11 Å². The number of benzene rings is 2. The average Bonchev–Trinajstić information content (AvgIpc) is 3.23. The van der Waals surface area contributed by atoms with Gasteiger partial charge in [0.15, 0.2) is 0 Å². The Labute approximate surface area is 144 Å². The number of hydrogen-bond donors (Lipinski definition) is 1. The fraction of sp³-hybridized carbons (Fsp3) is 0.455. The summed E-state index contributed by atoms with van der Waals surface area (Å²) >= 11 is 0. The van der Waals surface area contributed by atoms with Crippen molar-refractivity contribution in [3.05, 3.63) is 59.7 Å². The zero-order chi connectivity index (χ0) is 16.6. The summed E-state index contributed by atoms with van der Waals surface area (Å²) in [7, 11) is 1.77. The van der Waals surface area contributed by atoms with Crippen LogP contribution in [0.1, 0.15) is 61.5 Å². The van der Waals surface area contributed by atoms with E-state index in [1.807, 2.05) is 12.1 Å². The molecule has 2 aliphatic carbocycles. The SMILES string of the molecule is COc1ccccc1[C@@H]1CCCC12CCC[C@H]2c1ccccc1O. The van der Waals surface area contributed by atoms with Gasteiger partial charge in [-0.3, -0.25) is 0 Å². The van der Waals surface area contributed by atoms with Crippen molar-refractivity contribution in [2.45, 2.75) is 50.4 Å². The molecule has 1 spiro atoms. The summed E-state index contributed by atoms with van der Waals surface area (Å²) in [6.45, 7) is 0. The van der Waals surface area contributed by atoms with Gasteiger partial charge in [-0.1, -0.05) is 49.2 Å². The highest BCUT2D eigenvalue weighted by Crippen LogP contribution is 2.65. The molecule has 1 unspecified atom stereocenters. The lowest BCUT2D eigenvalue weighted by molar-refractivity contribution is 0.224. The number of para-hydroxylation sites is 2. The van der Waals surface area contributed by atoms with E-state index < -0.39 is 0 Å². The number of methoxy groups -OCH3 is 1. The Balaban J connectivity index is 1.78. The molecule has 1 N–H and O–H groups in total. The van der Waals surface area contributed by atoms with Crippen LogP contribution in [0.4, 0.5) is 0 Å². The number of phenolic OH excluding ortho intramolecular Hbond substituents is 1. The van der Waals surface area contributed by atoms with E-state index in [2.05, 4.69) is 36.4 Å². The number of rotatable bonds is 3. The minimum absolute atomic E-state index is 0.271. The molecule has 0 heterocycles. The molecule has 2 fully saturated rings. The molecule has 4 rings (SSSR count). The number of phenols is 1. The summed E-state index contributed by atoms with van der Waals surface area (Å²) in [5, 5.41) is 10.4. The number of aromatic hydroxyl groups is 1. The van der Waals surface area contributed by atoms with Gasteiger partial charge in [0.1, 0.15) is 11.5 Å². The fourth-order valence-electron chi connectivity index (χ4n) is 5.58. The fourth-order valence-corrected chi connectivity index (χ4v) is 5.58. The number of ether oxygens (including phenoxy) is 1. The summed E-state index contributed by atoms with van der Waals surface area (Å²) in [5.41, 5.74) is 2.78. The molecule has 3 atom stereocenters. The van der Waals surface area contributed by atoms with Crippen LogP contribution in [0.15, 0.2) is 48.5 Å². The topological polar surface area (TPSA) is 29.5 Å². The minimum atomic E-state index is 0.271. The molecule has 2 saturated carbocycles. The highest BCUT2D eigenvalue weighted by molar-refractivity contribution is 5.43. The van der Waals surface area contributed by atoms with E-state index in [-0.39, 0.29) is 5.41 Å². The number of hydrogen-bond acceptors (Lipinski definition) is 2. The van der Waals surface area contributed by atoms with Crippen LogP contribution < -0.4 is 4.74 Å². The van der Waals surface area contributed by atoms with Crippen molar-refractivity contribution in [3.8, 4) is 11.5 Å². The van der Waals surface area contributed by atoms with E-state index in [0.29, 0.717) is 17.6 Å². The molecule has 0 bridgehead atoms. The standard InChI is InChI=1S/C22H26O2/c1-24-21-13-5-3-9-17(21)19-11-7-15-22(19)14-6-10-18(22)16-8-2-4-12-20(16)23/h2-5,8-9,12-13,18-19,23H,6-7,10-11,14-15H2,1H3/t18-,19-,22?/m0/s1. The summed E-state index contributed by atoms with van der Waals surface area (Å²) in [4.78, 5) is 0. The molecule has 126 valence electrons. The average molecular weight is 322 g/mol. The van der Waals surface area contributed by atoms with Gasteiger partial charge in [0, 0.05) is 0 Å². The second kappa shape index (κ2) is 6.16. The van der Waals surface area contributed by atoms with Gasteiger partial charge >= 0.3 is 0 Å². The third-order valence-corrected chi connectivity index (χ3v) is 6.48. The molecule has 2 nitrogen and oxygen atoms in total. The Hall–Kier alpha value is -1.96. The molecule has 2 aromatic carbocycles. The van der Waals surface area contributed by atoms with Gasteiger partial charge in [-0.25, -0.2) is 0 Å². The normalized spacial score (nSPS) is 29.2. The Morgan fingerprint density at radius 1 is 0.875 bits per heavy atom. The molecule has 2 aliphatic rings. The second-order valence-corrected chi connectivity index (χ2v) is 7.42. The van der Waals surface area contributed by atoms with Crippen LogP contribution in [-0.2, 0) is 0 Å². The first kappa shape index (κ1) is 15.6. The van der Waals surface area contributed by atoms with Crippen molar-refractivity contribution in [1.82, 2.24) is 0 Å². The quantitative estimate of drug-likeness (QED) is 0.794. The van der Waals surface area contributed by atoms with E-state index in [0.717, 1.165) is 11.3 Å². The smallest absolute Gasteiger partial charge is 0.122 e. The van der Waals surface area contributed by atoms with Gasteiger partial charge in [0.25, 0.3) is 0 Å².